The number of hydrogen-bond donors (Lipinski definition) is 3. The van der Waals surface area contributed by atoms with Crippen molar-refractivity contribution in [2.45, 2.75) is 38.5 Å². The number of morpholine rings is 1. The monoisotopic (exact) mass is 305 g/mol. The minimum atomic E-state index is -0.200. The van der Waals surface area contributed by atoms with Crippen LogP contribution in [0, 0.1) is 0 Å². The normalized spacial score (nSPS) is 22.3. The molecule has 1 saturated heterocycles. The van der Waals surface area contributed by atoms with E-state index in [1.807, 2.05) is 4.57 Å². The molecule has 7 nitrogen and oxygen atoms in total. The lowest BCUT2D eigenvalue weighted by atomic mass is 10.1. The quantitative estimate of drug-likeness (QED) is 0.757. The Bertz CT molecular complexity index is 642. The molecule has 3 heterocycles. The molecule has 3 rings (SSSR count). The van der Waals surface area contributed by atoms with E-state index in [1.54, 1.807) is 0 Å². The van der Waals surface area contributed by atoms with Gasteiger partial charge < -0.3 is 25.5 Å². The fourth-order valence-electron chi connectivity index (χ4n) is 2.92. The highest BCUT2D eigenvalue weighted by atomic mass is 16.5. The van der Waals surface area contributed by atoms with Crippen molar-refractivity contribution < 1.29 is 9.84 Å². The summed E-state index contributed by atoms with van der Waals surface area (Å²) in [7, 11) is 0. The maximum Gasteiger partial charge on any atom is 0.148 e. The van der Waals surface area contributed by atoms with Crippen molar-refractivity contribution in [2.24, 2.45) is 0 Å². The number of fused-ring (bicyclic) bond motifs is 1. The minimum Gasteiger partial charge on any atom is -0.394 e. The van der Waals surface area contributed by atoms with Gasteiger partial charge in [0.1, 0.15) is 24.0 Å². The fraction of sp³-hybridized carbons (Fsp3) is 0.600. The third-order valence-corrected chi connectivity index (χ3v) is 4.07. The van der Waals surface area contributed by atoms with Gasteiger partial charge in [-0.3, -0.25) is 0 Å². The summed E-state index contributed by atoms with van der Waals surface area (Å²) in [5, 5.41) is 13.5. The van der Waals surface area contributed by atoms with Crippen molar-refractivity contribution in [2.75, 3.05) is 25.4 Å². The summed E-state index contributed by atoms with van der Waals surface area (Å²) < 4.78 is 7.94. The summed E-state index contributed by atoms with van der Waals surface area (Å²) in [5.41, 5.74) is 8.02. The van der Waals surface area contributed by atoms with Gasteiger partial charge in [-0.2, -0.15) is 0 Å². The molecule has 2 unspecified atom stereocenters. The summed E-state index contributed by atoms with van der Waals surface area (Å²) in [5.74, 6) is 0.511. The molecule has 0 bridgehead atoms. The van der Waals surface area contributed by atoms with Crippen LogP contribution in [0.25, 0.3) is 11.0 Å². The van der Waals surface area contributed by atoms with E-state index >= 15 is 0 Å². The van der Waals surface area contributed by atoms with Crippen molar-refractivity contribution in [1.29, 1.82) is 0 Å². The molecule has 2 atom stereocenters. The maximum atomic E-state index is 9.31. The molecule has 1 fully saturated rings. The average molecular weight is 305 g/mol. The van der Waals surface area contributed by atoms with Crippen molar-refractivity contribution in [3.05, 3.63) is 18.1 Å². The highest BCUT2D eigenvalue weighted by Crippen LogP contribution is 2.29. The van der Waals surface area contributed by atoms with Crippen molar-refractivity contribution in [3.63, 3.8) is 0 Å². The molecule has 0 aromatic carbocycles. The lowest BCUT2D eigenvalue weighted by Crippen LogP contribution is -2.44. The summed E-state index contributed by atoms with van der Waals surface area (Å²) in [6.07, 6.45) is 6.31. The number of nitrogens with zero attached hydrogens (tertiary/aromatic N) is 3. The number of nitrogen functional groups attached to an aromatic ring is 1. The number of hydrogen-bond acceptors (Lipinski definition) is 6. The maximum absolute atomic E-state index is 9.31. The van der Waals surface area contributed by atoms with Crippen LogP contribution in [-0.2, 0) is 11.2 Å². The fourth-order valence-corrected chi connectivity index (χ4v) is 2.92. The molecule has 0 aliphatic carbocycles. The number of ether oxygens (including phenoxy) is 1. The van der Waals surface area contributed by atoms with E-state index in [2.05, 4.69) is 28.4 Å². The van der Waals surface area contributed by atoms with Crippen LogP contribution in [0.5, 0.6) is 0 Å². The Kier molecular flexibility index (Phi) is 4.56. The topological polar surface area (TPSA) is 98.2 Å². The van der Waals surface area contributed by atoms with Crippen LogP contribution >= 0.6 is 0 Å². The van der Waals surface area contributed by atoms with Crippen LogP contribution in [0.4, 0.5) is 5.82 Å². The van der Waals surface area contributed by atoms with Crippen LogP contribution in [0.3, 0.4) is 0 Å². The number of unbranched alkanes of at least 4 members (excludes halogenated alkanes) is 1. The molecule has 1 aliphatic rings. The number of aliphatic hydroxyl groups is 1. The van der Waals surface area contributed by atoms with Crippen LogP contribution in [0.15, 0.2) is 12.5 Å². The number of aliphatic hydroxyl groups excluding tert-OH is 1. The zero-order valence-corrected chi connectivity index (χ0v) is 12.8. The third-order valence-electron chi connectivity index (χ3n) is 4.07. The van der Waals surface area contributed by atoms with Crippen LogP contribution in [0.2, 0.25) is 0 Å². The third kappa shape index (κ3) is 2.79. The molecule has 2 aromatic heterocycles. The van der Waals surface area contributed by atoms with Gasteiger partial charge in [0.2, 0.25) is 0 Å². The van der Waals surface area contributed by atoms with E-state index in [-0.39, 0.29) is 18.9 Å². The van der Waals surface area contributed by atoms with Gasteiger partial charge in [0.15, 0.2) is 0 Å². The zero-order valence-electron chi connectivity index (χ0n) is 12.8. The average Bonchev–Trinajstić information content (AvgIpc) is 2.93. The molecule has 120 valence electrons. The molecule has 0 amide bonds. The van der Waals surface area contributed by atoms with Crippen molar-refractivity contribution >= 4 is 16.9 Å². The highest BCUT2D eigenvalue weighted by Gasteiger charge is 2.25. The van der Waals surface area contributed by atoms with Crippen molar-refractivity contribution in [1.82, 2.24) is 19.9 Å². The number of anilines is 1. The standard InChI is InChI=1S/C15H23N5O2/c1-2-3-4-10-7-20(12-6-17-5-11(8-21)22-12)15-13(10)14(16)18-9-19-15/h7,9,11-12,17,21H,2-6,8H2,1H3,(H2,16,18,19). The van der Waals surface area contributed by atoms with Crippen LogP contribution < -0.4 is 11.1 Å². The SMILES string of the molecule is CCCCc1cn(C2CNCC(CO)O2)c2ncnc(N)c12. The number of aromatic nitrogens is 3. The van der Waals surface area contributed by atoms with Gasteiger partial charge >= 0.3 is 0 Å². The smallest absolute Gasteiger partial charge is 0.148 e. The second kappa shape index (κ2) is 6.60. The molecule has 22 heavy (non-hydrogen) atoms. The molecule has 0 spiro atoms. The van der Waals surface area contributed by atoms with Gasteiger partial charge in [0.05, 0.1) is 18.1 Å². The van der Waals surface area contributed by atoms with Crippen molar-refractivity contribution in [3.8, 4) is 0 Å². The molecule has 4 N–H and O–H groups in total. The largest absolute Gasteiger partial charge is 0.394 e. The molecule has 1 aliphatic heterocycles. The van der Waals surface area contributed by atoms with Gasteiger partial charge in [-0.1, -0.05) is 13.3 Å². The Morgan fingerprint density at radius 1 is 1.45 bits per heavy atom. The first-order valence-electron chi connectivity index (χ1n) is 7.81. The van der Waals surface area contributed by atoms with E-state index in [9.17, 15) is 5.11 Å². The van der Waals surface area contributed by atoms with E-state index in [1.165, 1.54) is 6.33 Å². The Morgan fingerprint density at radius 2 is 2.32 bits per heavy atom. The Balaban J connectivity index is 2.00. The van der Waals surface area contributed by atoms with E-state index < -0.39 is 0 Å². The molecular formula is C15H23N5O2. The van der Waals surface area contributed by atoms with Gasteiger partial charge in [0, 0.05) is 19.3 Å². The number of nitrogens with one attached hydrogen (secondary N) is 1. The zero-order chi connectivity index (χ0) is 15.5. The van der Waals surface area contributed by atoms with E-state index in [0.717, 1.165) is 35.9 Å². The molecule has 2 aromatic rings. The minimum absolute atomic E-state index is 0.00250. The Hall–Kier alpha value is -1.70. The predicted octanol–water partition coefficient (Wildman–Crippen LogP) is 0.835. The number of rotatable bonds is 5. The summed E-state index contributed by atoms with van der Waals surface area (Å²) in [4.78, 5) is 8.52. The van der Waals surface area contributed by atoms with Gasteiger partial charge in [-0.05, 0) is 18.4 Å². The lowest BCUT2D eigenvalue weighted by Gasteiger charge is -2.30. The van der Waals surface area contributed by atoms with Gasteiger partial charge in [0.25, 0.3) is 0 Å². The lowest BCUT2D eigenvalue weighted by molar-refractivity contribution is -0.0931. The number of nitrogens with two attached hydrogens (primary N) is 1. The number of aryl methyl sites for hydroxylation is 1. The Labute approximate surface area is 129 Å². The molecule has 7 heteroatoms. The summed E-state index contributed by atoms with van der Waals surface area (Å²) in [6, 6.07) is 0. The van der Waals surface area contributed by atoms with Crippen LogP contribution in [-0.4, -0.2) is 45.4 Å². The summed E-state index contributed by atoms with van der Waals surface area (Å²) in [6.45, 7) is 3.50. The van der Waals surface area contributed by atoms with E-state index in [4.69, 9.17) is 10.5 Å². The first-order chi connectivity index (χ1) is 10.7. The molecule has 0 radical (unpaired) electrons. The second-order valence-electron chi connectivity index (χ2n) is 5.68. The van der Waals surface area contributed by atoms with Gasteiger partial charge in [-0.15, -0.1) is 0 Å². The summed E-state index contributed by atoms with van der Waals surface area (Å²) >= 11 is 0. The molecular weight excluding hydrogens is 282 g/mol. The van der Waals surface area contributed by atoms with E-state index in [0.29, 0.717) is 18.9 Å². The molecule has 0 saturated carbocycles. The highest BCUT2D eigenvalue weighted by molar-refractivity contribution is 5.89. The Morgan fingerprint density at radius 3 is 3.09 bits per heavy atom. The first-order valence-corrected chi connectivity index (χ1v) is 7.81. The predicted molar refractivity (Wildman–Crippen MR) is 84.4 cm³/mol. The van der Waals surface area contributed by atoms with Gasteiger partial charge in [-0.25, -0.2) is 9.97 Å². The van der Waals surface area contributed by atoms with Crippen LogP contribution in [0.1, 0.15) is 31.6 Å². The second-order valence-corrected chi connectivity index (χ2v) is 5.68. The first kappa shape index (κ1) is 15.2.